The maximum Gasteiger partial charge on any atom is 0.383 e. The van der Waals surface area contributed by atoms with Crippen LogP contribution in [0.15, 0.2) is 23.3 Å². The van der Waals surface area contributed by atoms with Gasteiger partial charge in [-0.2, -0.15) is 4.39 Å². The number of alkyl halides is 3. The Morgan fingerprint density at radius 1 is 1.23 bits per heavy atom. The van der Waals surface area contributed by atoms with Crippen molar-refractivity contribution in [3.05, 3.63) is 23.3 Å². The number of carbonyl (C=O) groups is 1. The topological polar surface area (TPSA) is 55.8 Å². The smallest absolute Gasteiger partial charge is 0.383 e. The number of carboxylic acid groups (broad SMARTS) is 1. The van der Waals surface area contributed by atoms with Crippen LogP contribution in [-0.2, 0) is 14.3 Å². The Balaban J connectivity index is 3.28. The molecule has 22 heavy (non-hydrogen) atoms. The van der Waals surface area contributed by atoms with Crippen LogP contribution in [0.2, 0.25) is 0 Å². The van der Waals surface area contributed by atoms with Crippen LogP contribution in [-0.4, -0.2) is 36.3 Å². The molecule has 3 unspecified atom stereocenters. The molecule has 1 aliphatic carbocycles. The molecule has 1 rings (SSSR count). The lowest BCUT2D eigenvalue weighted by Crippen LogP contribution is -2.47. The summed E-state index contributed by atoms with van der Waals surface area (Å²) in [5.74, 6) is -14.9. The molecule has 1 aliphatic rings. The number of carboxylic acids is 1. The van der Waals surface area contributed by atoms with Gasteiger partial charge in [0.1, 0.15) is 12.0 Å². The van der Waals surface area contributed by atoms with E-state index < -0.39 is 60.4 Å². The molecule has 0 fully saturated rings. The largest absolute Gasteiger partial charge is 0.481 e. The van der Waals surface area contributed by atoms with Gasteiger partial charge in [0.25, 0.3) is 0 Å². The molecule has 0 aliphatic heterocycles. The Hall–Kier alpha value is -1.62. The van der Waals surface area contributed by atoms with Gasteiger partial charge < -0.3 is 14.6 Å². The second-order valence-electron chi connectivity index (χ2n) is 3.99. The molecule has 4 nitrogen and oxygen atoms in total. The van der Waals surface area contributed by atoms with Gasteiger partial charge in [-0.1, -0.05) is 0 Å². The Morgan fingerprint density at radius 3 is 2.14 bits per heavy atom. The summed E-state index contributed by atoms with van der Waals surface area (Å²) in [6.07, 6.45) is -7.07. The molecule has 126 valence electrons. The average Bonchev–Trinajstić information content (AvgIpc) is 2.42. The summed E-state index contributed by atoms with van der Waals surface area (Å²) in [5, 5.41) is 8.68. The monoisotopic (exact) mass is 338 g/mol. The Labute approximate surface area is 118 Å². The molecule has 0 aromatic rings. The molecular weight excluding hydrogens is 329 g/mol. The number of rotatable bonds is 6. The third-order valence-electron chi connectivity index (χ3n) is 2.59. The number of hydrogen-bond acceptors (Lipinski definition) is 3. The lowest BCUT2D eigenvalue weighted by atomic mass is 9.94. The molecule has 0 heterocycles. The van der Waals surface area contributed by atoms with E-state index in [9.17, 15) is 35.5 Å². The highest BCUT2D eigenvalue weighted by atomic mass is 19.3. The van der Waals surface area contributed by atoms with E-state index in [0.717, 1.165) is 6.92 Å². The van der Waals surface area contributed by atoms with Gasteiger partial charge in [0.2, 0.25) is 0 Å². The molecule has 0 saturated heterocycles. The van der Waals surface area contributed by atoms with E-state index in [1.54, 1.807) is 0 Å². The van der Waals surface area contributed by atoms with Crippen molar-refractivity contribution in [2.45, 2.75) is 25.5 Å². The zero-order valence-electron chi connectivity index (χ0n) is 10.8. The molecule has 1 N–H and O–H groups in total. The van der Waals surface area contributed by atoms with E-state index in [1.807, 2.05) is 0 Å². The second kappa shape index (κ2) is 6.65. The van der Waals surface area contributed by atoms with Crippen LogP contribution >= 0.6 is 0 Å². The fourth-order valence-electron chi connectivity index (χ4n) is 1.63. The highest BCUT2D eigenvalue weighted by molar-refractivity contribution is 5.75. The number of aliphatic carboxylic acids is 1. The zero-order chi connectivity index (χ0) is 17.2. The van der Waals surface area contributed by atoms with E-state index in [4.69, 9.17) is 5.11 Å². The van der Waals surface area contributed by atoms with Crippen molar-refractivity contribution in [3.8, 4) is 0 Å². The van der Waals surface area contributed by atoms with Gasteiger partial charge >= 0.3 is 18.4 Å². The van der Waals surface area contributed by atoms with Crippen molar-refractivity contribution in [2.24, 2.45) is 5.92 Å². The van der Waals surface area contributed by atoms with Gasteiger partial charge in [0.05, 0.1) is 6.61 Å². The van der Waals surface area contributed by atoms with Crippen molar-refractivity contribution in [2.75, 3.05) is 6.61 Å². The fourth-order valence-corrected chi connectivity index (χ4v) is 1.63. The molecular formula is C11H9F7O4. The first kappa shape index (κ1) is 18.4. The number of hydrogen-bond donors (Lipinski definition) is 1. The summed E-state index contributed by atoms with van der Waals surface area (Å²) in [6.45, 7) is 0.328. The summed E-state index contributed by atoms with van der Waals surface area (Å²) in [6, 6.07) is -4.33. The summed E-state index contributed by atoms with van der Waals surface area (Å²) in [7, 11) is 0. The average molecular weight is 338 g/mol. The van der Waals surface area contributed by atoms with E-state index >= 15 is 0 Å². The van der Waals surface area contributed by atoms with Gasteiger partial charge in [-0.25, -0.2) is 26.3 Å². The third kappa shape index (κ3) is 3.24. The van der Waals surface area contributed by atoms with Crippen LogP contribution in [0.5, 0.6) is 0 Å². The van der Waals surface area contributed by atoms with Crippen LogP contribution in [0, 0.1) is 5.92 Å². The van der Waals surface area contributed by atoms with Crippen molar-refractivity contribution in [1.29, 1.82) is 0 Å². The molecule has 0 aromatic heterocycles. The van der Waals surface area contributed by atoms with Gasteiger partial charge in [-0.3, -0.25) is 4.79 Å². The van der Waals surface area contributed by atoms with Crippen LogP contribution in [0.4, 0.5) is 30.7 Å². The van der Waals surface area contributed by atoms with Gasteiger partial charge in [0, 0.05) is 0 Å². The van der Waals surface area contributed by atoms with E-state index in [0.29, 0.717) is 0 Å². The standard InChI is InChI=1S/C11H9F7O4/c1-2-21-11(18,10(16)17)22-8-3(9(19)20)4(12)5(13)6(14)7(8)15/h3,8,10H,2H2,1H3,(H,19,20). The maximum absolute atomic E-state index is 13.7. The molecule has 0 amide bonds. The Kier molecular flexibility index (Phi) is 5.57. The normalized spacial score (nSPS) is 25.7. The van der Waals surface area contributed by atoms with E-state index in [2.05, 4.69) is 9.47 Å². The van der Waals surface area contributed by atoms with Gasteiger partial charge in [-0.05, 0) is 6.92 Å². The molecule has 0 radical (unpaired) electrons. The quantitative estimate of drug-likeness (QED) is 0.596. The molecule has 3 atom stereocenters. The van der Waals surface area contributed by atoms with Crippen LogP contribution in [0.1, 0.15) is 6.92 Å². The molecule has 0 saturated carbocycles. The third-order valence-corrected chi connectivity index (χ3v) is 2.59. The minimum Gasteiger partial charge on any atom is -0.481 e. The molecule has 0 spiro atoms. The first-order chi connectivity index (χ1) is 10.1. The maximum atomic E-state index is 13.7. The highest BCUT2D eigenvalue weighted by Crippen LogP contribution is 2.42. The first-order valence-electron chi connectivity index (χ1n) is 5.69. The SMILES string of the molecule is CCOC(F)(OC1C(F)=C(F)C(F)=C(F)C1C(=O)O)C(F)F. The van der Waals surface area contributed by atoms with Crippen LogP contribution in [0.25, 0.3) is 0 Å². The predicted octanol–water partition coefficient (Wildman–Crippen LogP) is 3.31. The minimum atomic E-state index is -4.33. The summed E-state index contributed by atoms with van der Waals surface area (Å²) >= 11 is 0. The lowest BCUT2D eigenvalue weighted by molar-refractivity contribution is -0.378. The van der Waals surface area contributed by atoms with Crippen molar-refractivity contribution < 1.29 is 50.1 Å². The molecule has 0 bridgehead atoms. The Morgan fingerprint density at radius 2 is 1.73 bits per heavy atom. The van der Waals surface area contributed by atoms with Gasteiger partial charge in [0.15, 0.2) is 23.3 Å². The number of halogens is 7. The summed E-state index contributed by atoms with van der Waals surface area (Å²) in [4.78, 5) is 10.8. The fraction of sp³-hybridized carbons (Fsp3) is 0.545. The van der Waals surface area contributed by atoms with Crippen LogP contribution < -0.4 is 0 Å². The second-order valence-corrected chi connectivity index (χ2v) is 3.99. The van der Waals surface area contributed by atoms with Gasteiger partial charge in [-0.15, -0.1) is 0 Å². The summed E-state index contributed by atoms with van der Waals surface area (Å²) < 4.78 is 99.5. The molecule has 11 heteroatoms. The van der Waals surface area contributed by atoms with E-state index in [-0.39, 0.29) is 0 Å². The minimum absolute atomic E-state index is 0.716. The Bertz CT molecular complexity index is 519. The number of ether oxygens (including phenoxy) is 2. The first-order valence-corrected chi connectivity index (χ1v) is 5.69. The predicted molar refractivity (Wildman–Crippen MR) is 56.0 cm³/mol. The van der Waals surface area contributed by atoms with Crippen molar-refractivity contribution >= 4 is 5.97 Å². The molecule has 0 aromatic carbocycles. The lowest BCUT2D eigenvalue weighted by Gasteiger charge is -2.32. The van der Waals surface area contributed by atoms with Crippen LogP contribution in [0.3, 0.4) is 0 Å². The number of allylic oxidation sites excluding steroid dienone is 2. The highest BCUT2D eigenvalue weighted by Gasteiger charge is 2.53. The van der Waals surface area contributed by atoms with Crippen molar-refractivity contribution in [3.63, 3.8) is 0 Å². The van der Waals surface area contributed by atoms with Crippen molar-refractivity contribution in [1.82, 2.24) is 0 Å². The zero-order valence-corrected chi connectivity index (χ0v) is 10.8. The summed E-state index contributed by atoms with van der Waals surface area (Å²) in [5.41, 5.74) is 0. The van der Waals surface area contributed by atoms with E-state index in [1.165, 1.54) is 0 Å².